The summed E-state index contributed by atoms with van der Waals surface area (Å²) in [5, 5.41) is 0. The van der Waals surface area contributed by atoms with Crippen LogP contribution >= 0.6 is 0 Å². The first kappa shape index (κ1) is 14.1. The number of hydrogen-bond donors (Lipinski definition) is 2. The van der Waals surface area contributed by atoms with E-state index in [-0.39, 0.29) is 0 Å². The number of hydrogen-bond acceptors (Lipinski definition) is 4. The molecule has 3 rings (SSSR count). The SMILES string of the molecule is NCc1cc(S(=O)(=O)N2CCCN3CCCC3C2)c[nH]1. The molecule has 1 atom stereocenters. The number of nitrogens with two attached hydrogens (primary N) is 1. The van der Waals surface area contributed by atoms with Crippen molar-refractivity contribution in [1.29, 1.82) is 0 Å². The summed E-state index contributed by atoms with van der Waals surface area (Å²) in [6.07, 6.45) is 4.74. The zero-order valence-electron chi connectivity index (χ0n) is 11.6. The maximum absolute atomic E-state index is 12.7. The maximum atomic E-state index is 12.7. The lowest BCUT2D eigenvalue weighted by Gasteiger charge is -2.24. The summed E-state index contributed by atoms with van der Waals surface area (Å²) in [4.78, 5) is 5.69. The van der Waals surface area contributed by atoms with Crippen LogP contribution in [0.1, 0.15) is 25.0 Å². The molecule has 0 bridgehead atoms. The normalized spacial score (nSPS) is 25.6. The standard InChI is InChI=1S/C13H22N4O2S/c14-8-11-7-13(9-15-11)20(18,19)17-6-2-5-16-4-1-3-12(16)10-17/h7,9,12,15H,1-6,8,10,14H2. The van der Waals surface area contributed by atoms with Crippen molar-refractivity contribution in [1.82, 2.24) is 14.2 Å². The van der Waals surface area contributed by atoms with Crippen LogP contribution in [0.25, 0.3) is 0 Å². The first-order chi connectivity index (χ1) is 9.61. The van der Waals surface area contributed by atoms with Gasteiger partial charge in [0.25, 0.3) is 0 Å². The molecular weight excluding hydrogens is 276 g/mol. The Hall–Kier alpha value is -0.890. The lowest BCUT2D eigenvalue weighted by molar-refractivity contribution is 0.257. The highest BCUT2D eigenvalue weighted by atomic mass is 32.2. The first-order valence-corrected chi connectivity index (χ1v) is 8.67. The van der Waals surface area contributed by atoms with Crippen LogP contribution in [0.5, 0.6) is 0 Å². The van der Waals surface area contributed by atoms with Gasteiger partial charge < -0.3 is 10.7 Å². The molecule has 1 aromatic rings. The molecule has 7 heteroatoms. The highest BCUT2D eigenvalue weighted by molar-refractivity contribution is 7.89. The topological polar surface area (TPSA) is 82.4 Å². The van der Waals surface area contributed by atoms with Gasteiger partial charge in [0.05, 0.1) is 4.90 Å². The average molecular weight is 298 g/mol. The van der Waals surface area contributed by atoms with Crippen molar-refractivity contribution in [3.05, 3.63) is 18.0 Å². The van der Waals surface area contributed by atoms with Gasteiger partial charge in [-0.3, -0.25) is 4.90 Å². The fourth-order valence-electron chi connectivity index (χ4n) is 3.23. The Bertz CT molecular complexity index is 569. The quantitative estimate of drug-likeness (QED) is 0.842. The van der Waals surface area contributed by atoms with Crippen LogP contribution in [-0.2, 0) is 16.6 Å². The third kappa shape index (κ3) is 2.50. The van der Waals surface area contributed by atoms with E-state index >= 15 is 0 Å². The minimum absolute atomic E-state index is 0.325. The van der Waals surface area contributed by atoms with Gasteiger partial charge in [-0.05, 0) is 38.4 Å². The Labute approximate surface area is 120 Å². The lowest BCUT2D eigenvalue weighted by Crippen LogP contribution is -2.39. The third-order valence-corrected chi connectivity index (χ3v) is 6.18. The number of nitrogens with zero attached hydrogens (tertiary/aromatic N) is 2. The molecule has 3 heterocycles. The van der Waals surface area contributed by atoms with Gasteiger partial charge in [-0.25, -0.2) is 8.42 Å². The molecule has 0 radical (unpaired) electrons. The van der Waals surface area contributed by atoms with Crippen molar-refractivity contribution in [2.75, 3.05) is 26.2 Å². The van der Waals surface area contributed by atoms with Crippen LogP contribution in [0.4, 0.5) is 0 Å². The predicted octanol–water partition coefficient (Wildman–Crippen LogP) is 0.332. The molecule has 0 spiro atoms. The second-order valence-corrected chi connectivity index (χ2v) is 7.55. The Balaban J connectivity index is 1.82. The molecule has 2 fully saturated rings. The predicted molar refractivity (Wildman–Crippen MR) is 76.7 cm³/mol. The van der Waals surface area contributed by atoms with E-state index in [1.807, 2.05) is 0 Å². The minimum atomic E-state index is -3.39. The van der Waals surface area contributed by atoms with Gasteiger partial charge in [0.2, 0.25) is 10.0 Å². The molecule has 1 aromatic heterocycles. The summed E-state index contributed by atoms with van der Waals surface area (Å²) in [6, 6.07) is 2.03. The molecule has 6 nitrogen and oxygen atoms in total. The number of aromatic amines is 1. The fourth-order valence-corrected chi connectivity index (χ4v) is 4.76. The van der Waals surface area contributed by atoms with E-state index in [2.05, 4.69) is 9.88 Å². The van der Waals surface area contributed by atoms with Gasteiger partial charge in [-0.2, -0.15) is 4.31 Å². The fraction of sp³-hybridized carbons (Fsp3) is 0.692. The lowest BCUT2D eigenvalue weighted by atomic mass is 10.2. The molecule has 2 saturated heterocycles. The highest BCUT2D eigenvalue weighted by Gasteiger charge is 2.34. The zero-order valence-corrected chi connectivity index (χ0v) is 12.4. The molecule has 0 amide bonds. The Morgan fingerprint density at radius 1 is 1.30 bits per heavy atom. The number of rotatable bonds is 3. The second kappa shape index (κ2) is 5.48. The van der Waals surface area contributed by atoms with E-state index in [0.717, 1.165) is 31.6 Å². The van der Waals surface area contributed by atoms with Crippen LogP contribution in [0.3, 0.4) is 0 Å². The van der Waals surface area contributed by atoms with E-state index < -0.39 is 10.0 Å². The van der Waals surface area contributed by atoms with E-state index in [9.17, 15) is 8.42 Å². The molecule has 2 aliphatic heterocycles. The number of sulfonamides is 1. The van der Waals surface area contributed by atoms with Crippen LogP contribution in [0.15, 0.2) is 17.2 Å². The maximum Gasteiger partial charge on any atom is 0.244 e. The number of H-pyrrole nitrogens is 1. The van der Waals surface area contributed by atoms with E-state index in [1.54, 1.807) is 16.6 Å². The van der Waals surface area contributed by atoms with Crippen molar-refractivity contribution in [2.45, 2.75) is 36.7 Å². The number of fused-ring (bicyclic) bond motifs is 1. The summed E-state index contributed by atoms with van der Waals surface area (Å²) in [5.74, 6) is 0. The van der Waals surface area contributed by atoms with E-state index in [4.69, 9.17) is 5.73 Å². The summed E-state index contributed by atoms with van der Waals surface area (Å²) < 4.78 is 27.1. The van der Waals surface area contributed by atoms with Crippen molar-refractivity contribution >= 4 is 10.0 Å². The highest BCUT2D eigenvalue weighted by Crippen LogP contribution is 2.25. The second-order valence-electron chi connectivity index (χ2n) is 5.61. The summed E-state index contributed by atoms with van der Waals surface area (Å²) >= 11 is 0. The number of aromatic nitrogens is 1. The van der Waals surface area contributed by atoms with Gasteiger partial charge in [0, 0.05) is 37.6 Å². The molecule has 0 aliphatic carbocycles. The molecule has 3 N–H and O–H groups in total. The smallest absolute Gasteiger partial charge is 0.244 e. The molecule has 1 unspecified atom stereocenters. The first-order valence-electron chi connectivity index (χ1n) is 7.23. The van der Waals surface area contributed by atoms with Crippen LogP contribution in [0.2, 0.25) is 0 Å². The Morgan fingerprint density at radius 3 is 2.85 bits per heavy atom. The van der Waals surface area contributed by atoms with Gasteiger partial charge in [0.1, 0.15) is 0 Å². The molecule has 2 aliphatic rings. The van der Waals surface area contributed by atoms with Gasteiger partial charge in [-0.15, -0.1) is 0 Å². The monoisotopic (exact) mass is 298 g/mol. The van der Waals surface area contributed by atoms with Gasteiger partial charge in [-0.1, -0.05) is 0 Å². The molecule has 112 valence electrons. The van der Waals surface area contributed by atoms with Crippen molar-refractivity contribution in [3.8, 4) is 0 Å². The van der Waals surface area contributed by atoms with Gasteiger partial charge >= 0.3 is 0 Å². The molecular formula is C13H22N4O2S. The molecule has 20 heavy (non-hydrogen) atoms. The zero-order chi connectivity index (χ0) is 14.2. The van der Waals surface area contributed by atoms with Crippen LogP contribution in [0, 0.1) is 0 Å². The van der Waals surface area contributed by atoms with Crippen molar-refractivity contribution < 1.29 is 8.42 Å². The number of nitrogens with one attached hydrogen (secondary N) is 1. The summed E-state index contributed by atoms with van der Waals surface area (Å²) in [5.41, 5.74) is 6.28. The average Bonchev–Trinajstić information content (AvgIpc) is 3.04. The van der Waals surface area contributed by atoms with E-state index in [1.165, 1.54) is 6.42 Å². The Kier molecular flexibility index (Phi) is 3.85. The van der Waals surface area contributed by atoms with Crippen molar-refractivity contribution in [3.63, 3.8) is 0 Å². The molecule has 0 saturated carbocycles. The van der Waals surface area contributed by atoms with Crippen molar-refractivity contribution in [2.24, 2.45) is 5.73 Å². The van der Waals surface area contributed by atoms with E-state index in [0.29, 0.717) is 30.6 Å². The van der Waals surface area contributed by atoms with Gasteiger partial charge in [0.15, 0.2) is 0 Å². The minimum Gasteiger partial charge on any atom is -0.363 e. The molecule has 0 aromatic carbocycles. The summed E-state index contributed by atoms with van der Waals surface area (Å²) in [6.45, 7) is 3.67. The summed E-state index contributed by atoms with van der Waals surface area (Å²) in [7, 11) is -3.39. The largest absolute Gasteiger partial charge is 0.363 e. The van der Waals surface area contributed by atoms with Crippen LogP contribution < -0.4 is 5.73 Å². The van der Waals surface area contributed by atoms with Crippen LogP contribution in [-0.4, -0.2) is 54.8 Å². The third-order valence-electron chi connectivity index (χ3n) is 4.34. The Morgan fingerprint density at radius 2 is 2.10 bits per heavy atom.